The smallest absolute Gasteiger partial charge is 0.410 e. The predicted molar refractivity (Wildman–Crippen MR) is 86.0 cm³/mol. The molecule has 1 amide bonds. The fourth-order valence-corrected chi connectivity index (χ4v) is 2.59. The summed E-state index contributed by atoms with van der Waals surface area (Å²) in [4.78, 5) is 14.1. The summed E-state index contributed by atoms with van der Waals surface area (Å²) in [5.74, 6) is 0. The van der Waals surface area contributed by atoms with Gasteiger partial charge in [0.2, 0.25) is 0 Å². The molecule has 120 valence electrons. The summed E-state index contributed by atoms with van der Waals surface area (Å²) < 4.78 is 5.43. The molecule has 1 aliphatic heterocycles. The van der Waals surface area contributed by atoms with Gasteiger partial charge in [-0.05, 0) is 17.7 Å². The molecule has 0 radical (unpaired) electrons. The molecule has 0 aliphatic carbocycles. The first kappa shape index (κ1) is 15.7. The van der Waals surface area contributed by atoms with Crippen LogP contribution in [-0.2, 0) is 11.3 Å². The van der Waals surface area contributed by atoms with Gasteiger partial charge in [-0.3, -0.25) is 4.90 Å². The van der Waals surface area contributed by atoms with Crippen molar-refractivity contribution >= 4 is 17.7 Å². The monoisotopic (exact) mass is 332 g/mol. The number of rotatable bonds is 3. The third kappa shape index (κ3) is 3.97. The molecule has 1 aromatic heterocycles. The summed E-state index contributed by atoms with van der Waals surface area (Å²) in [6.07, 6.45) is -0.350. The van der Waals surface area contributed by atoms with E-state index in [1.807, 2.05) is 30.3 Å². The standard InChI is InChI=1S/C16H17ClN4O2/c17-15-7-6-13(19-20-15)14-10-18-8-9-21(14)16(22)23-11-12-4-2-1-3-5-12/h1-7,14,18H,8-11H2. The molecule has 3 rings (SSSR count). The van der Waals surface area contributed by atoms with Crippen LogP contribution in [0.5, 0.6) is 0 Å². The quantitative estimate of drug-likeness (QED) is 0.935. The predicted octanol–water partition coefficient (Wildman–Crippen LogP) is 2.41. The zero-order chi connectivity index (χ0) is 16.1. The maximum Gasteiger partial charge on any atom is 0.410 e. The summed E-state index contributed by atoms with van der Waals surface area (Å²) in [6, 6.07) is 12.9. The number of nitrogens with one attached hydrogen (secondary N) is 1. The molecule has 2 aromatic rings. The van der Waals surface area contributed by atoms with E-state index < -0.39 is 0 Å². The highest BCUT2D eigenvalue weighted by molar-refractivity contribution is 6.29. The Morgan fingerprint density at radius 3 is 2.83 bits per heavy atom. The zero-order valence-corrected chi connectivity index (χ0v) is 13.2. The second-order valence-corrected chi connectivity index (χ2v) is 5.62. The minimum absolute atomic E-state index is 0.211. The van der Waals surface area contributed by atoms with E-state index in [1.165, 1.54) is 0 Å². The summed E-state index contributed by atoms with van der Waals surface area (Å²) in [5, 5.41) is 11.5. The molecule has 0 bridgehead atoms. The first-order valence-corrected chi connectivity index (χ1v) is 7.79. The van der Waals surface area contributed by atoms with Crippen LogP contribution in [0.3, 0.4) is 0 Å². The van der Waals surface area contributed by atoms with Crippen LogP contribution >= 0.6 is 11.6 Å². The number of benzene rings is 1. The molecule has 1 aliphatic rings. The van der Waals surface area contributed by atoms with Crippen LogP contribution in [0, 0.1) is 0 Å². The summed E-state index contributed by atoms with van der Waals surface area (Å²) in [6.45, 7) is 2.14. The average Bonchev–Trinajstić information content (AvgIpc) is 2.61. The van der Waals surface area contributed by atoms with Gasteiger partial charge in [0.15, 0.2) is 5.15 Å². The van der Waals surface area contributed by atoms with Crippen molar-refractivity contribution in [2.45, 2.75) is 12.6 Å². The van der Waals surface area contributed by atoms with E-state index in [0.717, 1.165) is 12.1 Å². The van der Waals surface area contributed by atoms with Gasteiger partial charge in [0.25, 0.3) is 0 Å². The van der Waals surface area contributed by atoms with Gasteiger partial charge in [-0.1, -0.05) is 41.9 Å². The van der Waals surface area contributed by atoms with Crippen LogP contribution in [0.4, 0.5) is 4.79 Å². The molecular formula is C16H17ClN4O2. The lowest BCUT2D eigenvalue weighted by Gasteiger charge is -2.34. The number of ether oxygens (including phenoxy) is 1. The lowest BCUT2D eigenvalue weighted by atomic mass is 10.1. The van der Waals surface area contributed by atoms with E-state index in [9.17, 15) is 4.79 Å². The van der Waals surface area contributed by atoms with E-state index in [-0.39, 0.29) is 18.7 Å². The Morgan fingerprint density at radius 1 is 1.26 bits per heavy atom. The minimum Gasteiger partial charge on any atom is -0.445 e. The molecule has 1 saturated heterocycles. The zero-order valence-electron chi connectivity index (χ0n) is 12.5. The van der Waals surface area contributed by atoms with Gasteiger partial charge in [0.05, 0.1) is 11.7 Å². The number of carbonyl (C=O) groups is 1. The van der Waals surface area contributed by atoms with Crippen LogP contribution < -0.4 is 5.32 Å². The van der Waals surface area contributed by atoms with Crippen molar-refractivity contribution in [3.8, 4) is 0 Å². The average molecular weight is 333 g/mol. The molecule has 23 heavy (non-hydrogen) atoms. The maximum absolute atomic E-state index is 12.4. The molecular weight excluding hydrogens is 316 g/mol. The van der Waals surface area contributed by atoms with Gasteiger partial charge in [0, 0.05) is 19.6 Å². The van der Waals surface area contributed by atoms with E-state index in [2.05, 4.69) is 15.5 Å². The second-order valence-electron chi connectivity index (χ2n) is 5.23. The van der Waals surface area contributed by atoms with Gasteiger partial charge in [0.1, 0.15) is 6.61 Å². The molecule has 0 saturated carbocycles. The maximum atomic E-state index is 12.4. The highest BCUT2D eigenvalue weighted by atomic mass is 35.5. The van der Waals surface area contributed by atoms with Crippen LogP contribution in [0.1, 0.15) is 17.3 Å². The number of carbonyl (C=O) groups excluding carboxylic acids is 1. The van der Waals surface area contributed by atoms with Crippen molar-refractivity contribution < 1.29 is 9.53 Å². The van der Waals surface area contributed by atoms with Gasteiger partial charge in [-0.15, -0.1) is 5.10 Å². The Bertz CT molecular complexity index is 651. The van der Waals surface area contributed by atoms with Crippen LogP contribution in [0.2, 0.25) is 5.15 Å². The Labute approximate surface area is 139 Å². The molecule has 7 heteroatoms. The first-order valence-electron chi connectivity index (χ1n) is 7.41. The van der Waals surface area contributed by atoms with Crippen molar-refractivity contribution in [2.75, 3.05) is 19.6 Å². The van der Waals surface area contributed by atoms with E-state index in [4.69, 9.17) is 16.3 Å². The van der Waals surface area contributed by atoms with Gasteiger partial charge in [-0.2, -0.15) is 5.10 Å². The fraction of sp³-hybridized carbons (Fsp3) is 0.312. The lowest BCUT2D eigenvalue weighted by Crippen LogP contribution is -2.49. The van der Waals surface area contributed by atoms with Crippen LogP contribution in [0.25, 0.3) is 0 Å². The number of hydrogen-bond acceptors (Lipinski definition) is 5. The minimum atomic E-state index is -0.350. The third-order valence-corrected chi connectivity index (χ3v) is 3.88. The second kappa shape index (κ2) is 7.39. The van der Waals surface area contributed by atoms with Gasteiger partial charge < -0.3 is 10.1 Å². The van der Waals surface area contributed by atoms with Crippen molar-refractivity contribution in [1.29, 1.82) is 0 Å². The largest absolute Gasteiger partial charge is 0.445 e. The van der Waals surface area contributed by atoms with Crippen LogP contribution in [-0.4, -0.2) is 40.8 Å². The summed E-state index contributed by atoms with van der Waals surface area (Å²) in [5.41, 5.74) is 1.65. The molecule has 1 unspecified atom stereocenters. The molecule has 1 N–H and O–H groups in total. The molecule has 6 nitrogen and oxygen atoms in total. The Morgan fingerprint density at radius 2 is 2.09 bits per heavy atom. The Kier molecular flexibility index (Phi) is 5.05. The van der Waals surface area contributed by atoms with Gasteiger partial charge in [-0.25, -0.2) is 4.79 Å². The molecule has 1 atom stereocenters. The molecule has 1 aromatic carbocycles. The number of nitrogens with zero attached hydrogens (tertiary/aromatic N) is 3. The number of amides is 1. The Hall–Kier alpha value is -2.18. The molecule has 0 spiro atoms. The number of aromatic nitrogens is 2. The first-order chi connectivity index (χ1) is 11.2. The van der Waals surface area contributed by atoms with Crippen LogP contribution in [0.15, 0.2) is 42.5 Å². The molecule has 2 heterocycles. The highest BCUT2D eigenvalue weighted by Gasteiger charge is 2.30. The van der Waals surface area contributed by atoms with Crippen molar-refractivity contribution in [3.05, 3.63) is 58.9 Å². The highest BCUT2D eigenvalue weighted by Crippen LogP contribution is 2.22. The van der Waals surface area contributed by atoms with E-state index in [1.54, 1.807) is 17.0 Å². The van der Waals surface area contributed by atoms with Crippen molar-refractivity contribution in [1.82, 2.24) is 20.4 Å². The number of piperazine rings is 1. The third-order valence-electron chi connectivity index (χ3n) is 3.68. The van der Waals surface area contributed by atoms with Crippen molar-refractivity contribution in [2.24, 2.45) is 0 Å². The Balaban J connectivity index is 1.68. The van der Waals surface area contributed by atoms with Crippen molar-refractivity contribution in [3.63, 3.8) is 0 Å². The SMILES string of the molecule is O=C(OCc1ccccc1)N1CCNCC1c1ccc(Cl)nn1. The number of hydrogen-bond donors (Lipinski definition) is 1. The van der Waals surface area contributed by atoms with E-state index in [0.29, 0.717) is 23.9 Å². The normalized spacial score (nSPS) is 17.8. The number of halogens is 1. The fourth-order valence-electron chi connectivity index (χ4n) is 2.49. The lowest BCUT2D eigenvalue weighted by molar-refractivity contribution is 0.0709. The van der Waals surface area contributed by atoms with Gasteiger partial charge >= 0.3 is 6.09 Å². The topological polar surface area (TPSA) is 67.3 Å². The molecule has 1 fully saturated rings. The van der Waals surface area contributed by atoms with E-state index >= 15 is 0 Å². The summed E-state index contributed by atoms with van der Waals surface area (Å²) in [7, 11) is 0. The summed E-state index contributed by atoms with van der Waals surface area (Å²) >= 11 is 5.77.